The van der Waals surface area contributed by atoms with Crippen molar-refractivity contribution in [3.05, 3.63) is 41.9 Å². The highest BCUT2D eigenvalue weighted by molar-refractivity contribution is 5.58. The number of nitrogens with two attached hydrogens (primary N) is 1. The zero-order valence-corrected chi connectivity index (χ0v) is 10.1. The van der Waals surface area contributed by atoms with Gasteiger partial charge in [-0.1, -0.05) is 29.8 Å². The van der Waals surface area contributed by atoms with Crippen LogP contribution < -0.4 is 5.73 Å². The summed E-state index contributed by atoms with van der Waals surface area (Å²) in [6.07, 6.45) is 2.32. The summed E-state index contributed by atoms with van der Waals surface area (Å²) in [5.41, 5.74) is 8.85. The predicted molar refractivity (Wildman–Crippen MR) is 67.4 cm³/mol. The molecule has 1 atom stereocenters. The van der Waals surface area contributed by atoms with Crippen LogP contribution in [0.4, 0.5) is 0 Å². The molecule has 0 bridgehead atoms. The average Bonchev–Trinajstić information content (AvgIpc) is 2.29. The Kier molecular flexibility index (Phi) is 3.44. The summed E-state index contributed by atoms with van der Waals surface area (Å²) in [5.74, 6) is 0.693. The predicted octanol–water partition coefficient (Wildman–Crippen LogP) is 1.74. The molecule has 88 valence electrons. The zero-order chi connectivity index (χ0) is 12.3. The first-order chi connectivity index (χ1) is 8.15. The van der Waals surface area contributed by atoms with Gasteiger partial charge in [-0.05, 0) is 13.8 Å². The van der Waals surface area contributed by atoms with Gasteiger partial charge in [0, 0.05) is 18.0 Å². The minimum absolute atomic E-state index is 0.0464. The molecule has 4 heteroatoms. The fourth-order valence-electron chi connectivity index (χ4n) is 1.58. The Morgan fingerprint density at radius 2 is 1.94 bits per heavy atom. The maximum Gasteiger partial charge on any atom is 0.153 e. The lowest BCUT2D eigenvalue weighted by Gasteiger charge is -2.05. The first-order valence-corrected chi connectivity index (χ1v) is 5.66. The lowest BCUT2D eigenvalue weighted by molar-refractivity contribution is 0.686. The van der Waals surface area contributed by atoms with Gasteiger partial charge in [-0.25, -0.2) is 4.98 Å². The van der Waals surface area contributed by atoms with Crippen LogP contribution in [0.3, 0.4) is 0 Å². The third kappa shape index (κ3) is 3.07. The van der Waals surface area contributed by atoms with Gasteiger partial charge >= 0.3 is 0 Å². The summed E-state index contributed by atoms with van der Waals surface area (Å²) in [5, 5.41) is 7.95. The summed E-state index contributed by atoms with van der Waals surface area (Å²) >= 11 is 0. The smallest absolute Gasteiger partial charge is 0.153 e. The molecule has 1 aromatic carbocycles. The lowest BCUT2D eigenvalue weighted by Crippen LogP contribution is -2.19. The topological polar surface area (TPSA) is 64.7 Å². The van der Waals surface area contributed by atoms with E-state index in [9.17, 15) is 0 Å². The Balaban J connectivity index is 2.29. The minimum atomic E-state index is 0.0464. The number of hydrogen-bond donors (Lipinski definition) is 1. The van der Waals surface area contributed by atoms with E-state index in [4.69, 9.17) is 5.73 Å². The molecule has 0 fully saturated rings. The van der Waals surface area contributed by atoms with Crippen LogP contribution >= 0.6 is 0 Å². The number of aryl methyl sites for hydroxylation is 1. The number of rotatable bonds is 3. The van der Waals surface area contributed by atoms with Crippen molar-refractivity contribution < 1.29 is 0 Å². The first-order valence-electron chi connectivity index (χ1n) is 5.66. The van der Waals surface area contributed by atoms with Crippen molar-refractivity contribution in [3.8, 4) is 11.3 Å². The van der Waals surface area contributed by atoms with E-state index in [0.717, 1.165) is 11.3 Å². The highest BCUT2D eigenvalue weighted by atomic mass is 15.1. The second-order valence-corrected chi connectivity index (χ2v) is 4.31. The summed E-state index contributed by atoms with van der Waals surface area (Å²) in [4.78, 5) is 4.46. The number of benzene rings is 1. The molecule has 0 spiro atoms. The number of hydrogen-bond acceptors (Lipinski definition) is 4. The monoisotopic (exact) mass is 228 g/mol. The summed E-state index contributed by atoms with van der Waals surface area (Å²) in [6.45, 7) is 3.99. The Labute approximate surface area is 101 Å². The molecule has 1 unspecified atom stereocenters. The molecule has 2 aromatic rings. The molecule has 0 aliphatic heterocycles. The van der Waals surface area contributed by atoms with E-state index < -0.39 is 0 Å². The van der Waals surface area contributed by atoms with E-state index in [1.54, 1.807) is 6.20 Å². The molecule has 0 aliphatic carbocycles. The molecule has 0 saturated carbocycles. The van der Waals surface area contributed by atoms with Gasteiger partial charge in [0.15, 0.2) is 5.82 Å². The SMILES string of the molecule is Cc1ccc(-c2cnnc(CC(C)N)n2)cc1. The van der Waals surface area contributed by atoms with Gasteiger partial charge in [-0.3, -0.25) is 0 Å². The van der Waals surface area contributed by atoms with Crippen molar-refractivity contribution in [2.24, 2.45) is 5.73 Å². The van der Waals surface area contributed by atoms with Crippen LogP contribution in [0.5, 0.6) is 0 Å². The van der Waals surface area contributed by atoms with E-state index in [1.807, 2.05) is 19.1 Å². The molecule has 2 rings (SSSR count). The largest absolute Gasteiger partial charge is 0.328 e. The molecule has 17 heavy (non-hydrogen) atoms. The standard InChI is InChI=1S/C13H16N4/c1-9-3-5-11(6-4-9)12-8-15-17-13(16-12)7-10(2)14/h3-6,8,10H,7,14H2,1-2H3. The molecule has 2 N–H and O–H groups in total. The van der Waals surface area contributed by atoms with Gasteiger partial charge in [-0.15, -0.1) is 5.10 Å². The van der Waals surface area contributed by atoms with E-state index in [-0.39, 0.29) is 6.04 Å². The van der Waals surface area contributed by atoms with Gasteiger partial charge in [0.2, 0.25) is 0 Å². The Bertz CT molecular complexity index is 491. The maximum atomic E-state index is 5.73. The Morgan fingerprint density at radius 3 is 2.59 bits per heavy atom. The third-order valence-electron chi connectivity index (χ3n) is 2.45. The van der Waals surface area contributed by atoms with Crippen LogP contribution in [0.1, 0.15) is 18.3 Å². The average molecular weight is 228 g/mol. The van der Waals surface area contributed by atoms with Crippen molar-refractivity contribution in [3.63, 3.8) is 0 Å². The van der Waals surface area contributed by atoms with Crippen LogP contribution in [0.2, 0.25) is 0 Å². The Hall–Kier alpha value is -1.81. The molecule has 4 nitrogen and oxygen atoms in total. The molecule has 1 heterocycles. The van der Waals surface area contributed by atoms with Gasteiger partial charge in [-0.2, -0.15) is 5.10 Å². The van der Waals surface area contributed by atoms with Crippen LogP contribution in [0.15, 0.2) is 30.5 Å². The molecular formula is C13H16N4. The van der Waals surface area contributed by atoms with Gasteiger partial charge in [0.25, 0.3) is 0 Å². The van der Waals surface area contributed by atoms with Gasteiger partial charge < -0.3 is 5.73 Å². The van der Waals surface area contributed by atoms with E-state index in [0.29, 0.717) is 12.2 Å². The summed E-state index contributed by atoms with van der Waals surface area (Å²) < 4.78 is 0. The fourth-order valence-corrected chi connectivity index (χ4v) is 1.58. The molecule has 0 amide bonds. The second-order valence-electron chi connectivity index (χ2n) is 4.31. The minimum Gasteiger partial charge on any atom is -0.328 e. The fraction of sp³-hybridized carbons (Fsp3) is 0.308. The van der Waals surface area contributed by atoms with Gasteiger partial charge in [0.1, 0.15) is 0 Å². The summed E-state index contributed by atoms with van der Waals surface area (Å²) in [6, 6.07) is 8.24. The first kappa shape index (κ1) is 11.7. The maximum absolute atomic E-state index is 5.73. The molecule has 0 aliphatic rings. The van der Waals surface area contributed by atoms with Crippen molar-refractivity contribution in [1.82, 2.24) is 15.2 Å². The molecule has 0 radical (unpaired) electrons. The van der Waals surface area contributed by atoms with Crippen molar-refractivity contribution >= 4 is 0 Å². The van der Waals surface area contributed by atoms with Crippen LogP contribution in [0.25, 0.3) is 11.3 Å². The van der Waals surface area contributed by atoms with E-state index in [2.05, 4.69) is 34.2 Å². The number of nitrogens with zero attached hydrogens (tertiary/aromatic N) is 3. The third-order valence-corrected chi connectivity index (χ3v) is 2.45. The highest BCUT2D eigenvalue weighted by Gasteiger charge is 2.05. The normalized spacial score (nSPS) is 12.4. The lowest BCUT2D eigenvalue weighted by atomic mass is 10.1. The van der Waals surface area contributed by atoms with Crippen molar-refractivity contribution in [1.29, 1.82) is 0 Å². The Morgan fingerprint density at radius 1 is 1.24 bits per heavy atom. The number of aromatic nitrogens is 3. The van der Waals surface area contributed by atoms with E-state index >= 15 is 0 Å². The highest BCUT2D eigenvalue weighted by Crippen LogP contribution is 2.16. The second kappa shape index (κ2) is 5.01. The quantitative estimate of drug-likeness (QED) is 0.869. The van der Waals surface area contributed by atoms with Crippen molar-refractivity contribution in [2.45, 2.75) is 26.3 Å². The summed E-state index contributed by atoms with van der Waals surface area (Å²) in [7, 11) is 0. The zero-order valence-electron chi connectivity index (χ0n) is 10.1. The van der Waals surface area contributed by atoms with Gasteiger partial charge in [0.05, 0.1) is 11.9 Å². The van der Waals surface area contributed by atoms with Crippen LogP contribution in [-0.4, -0.2) is 21.2 Å². The molecule has 1 aromatic heterocycles. The van der Waals surface area contributed by atoms with Crippen LogP contribution in [-0.2, 0) is 6.42 Å². The van der Waals surface area contributed by atoms with E-state index in [1.165, 1.54) is 5.56 Å². The van der Waals surface area contributed by atoms with Crippen LogP contribution in [0, 0.1) is 6.92 Å². The van der Waals surface area contributed by atoms with Crippen molar-refractivity contribution in [2.75, 3.05) is 0 Å². The molecule has 0 saturated heterocycles. The molecular weight excluding hydrogens is 212 g/mol.